The van der Waals surface area contributed by atoms with Crippen LogP contribution in [0.15, 0.2) is 36.5 Å². The number of pyridine rings is 1. The number of nitrogens with zero attached hydrogens (tertiary/aromatic N) is 2. The van der Waals surface area contributed by atoms with Gasteiger partial charge in [-0.15, -0.1) is 11.8 Å². The van der Waals surface area contributed by atoms with Crippen molar-refractivity contribution in [2.45, 2.75) is 17.3 Å². The Kier molecular flexibility index (Phi) is 4.99. The Labute approximate surface area is 168 Å². The van der Waals surface area contributed by atoms with Gasteiger partial charge in [0.2, 0.25) is 5.91 Å². The van der Waals surface area contributed by atoms with Gasteiger partial charge in [0.25, 0.3) is 0 Å². The van der Waals surface area contributed by atoms with Crippen LogP contribution in [-0.4, -0.2) is 45.2 Å². The number of hydrogen-bond acceptors (Lipinski definition) is 5. The molecule has 3 N–H and O–H groups in total. The van der Waals surface area contributed by atoms with Crippen LogP contribution in [0.2, 0.25) is 0 Å². The fourth-order valence-electron chi connectivity index (χ4n) is 3.42. The fraction of sp³-hybridized carbons (Fsp3) is 0.316. The van der Waals surface area contributed by atoms with E-state index in [0.717, 1.165) is 25.2 Å². The van der Waals surface area contributed by atoms with E-state index in [4.69, 9.17) is 0 Å². The Bertz CT molecular complexity index is 1060. The summed E-state index contributed by atoms with van der Waals surface area (Å²) in [7, 11) is 0. The SMILES string of the molecule is CS[C@@]1(C(=O)Nc2ccc3[nH]nc(-c4ccnc(C(F)(F)F)c4)c3c2)CCNC1. The third kappa shape index (κ3) is 3.69. The molecule has 1 saturated heterocycles. The van der Waals surface area contributed by atoms with Gasteiger partial charge < -0.3 is 10.6 Å². The lowest BCUT2D eigenvalue weighted by atomic mass is 10.1. The summed E-state index contributed by atoms with van der Waals surface area (Å²) in [4.78, 5) is 16.2. The predicted octanol–water partition coefficient (Wildman–Crippen LogP) is 3.68. The van der Waals surface area contributed by atoms with Crippen LogP contribution in [0.1, 0.15) is 12.1 Å². The largest absolute Gasteiger partial charge is 0.433 e. The second-order valence-electron chi connectivity index (χ2n) is 6.84. The van der Waals surface area contributed by atoms with E-state index >= 15 is 0 Å². The second-order valence-corrected chi connectivity index (χ2v) is 8.03. The predicted molar refractivity (Wildman–Crippen MR) is 107 cm³/mol. The maximum absolute atomic E-state index is 13.0. The van der Waals surface area contributed by atoms with Crippen molar-refractivity contribution in [3.63, 3.8) is 0 Å². The number of alkyl halides is 3. The minimum Gasteiger partial charge on any atom is -0.325 e. The van der Waals surface area contributed by atoms with Crippen LogP contribution < -0.4 is 10.6 Å². The van der Waals surface area contributed by atoms with Crippen molar-refractivity contribution in [3.05, 3.63) is 42.2 Å². The number of rotatable bonds is 4. The lowest BCUT2D eigenvalue weighted by Crippen LogP contribution is -2.41. The van der Waals surface area contributed by atoms with E-state index in [0.29, 0.717) is 34.4 Å². The zero-order valence-corrected chi connectivity index (χ0v) is 16.2. The molecular weight excluding hydrogens is 403 g/mol. The summed E-state index contributed by atoms with van der Waals surface area (Å²) in [5.41, 5.74) is 0.904. The number of halogens is 3. The highest BCUT2D eigenvalue weighted by atomic mass is 32.2. The number of nitrogens with one attached hydrogen (secondary N) is 3. The highest BCUT2D eigenvalue weighted by Gasteiger charge is 2.40. The maximum atomic E-state index is 13.0. The minimum atomic E-state index is -4.54. The average molecular weight is 421 g/mol. The molecule has 1 aliphatic heterocycles. The number of H-pyrrole nitrogens is 1. The van der Waals surface area contributed by atoms with E-state index in [2.05, 4.69) is 25.8 Å². The molecule has 0 saturated carbocycles. The van der Waals surface area contributed by atoms with Crippen LogP contribution in [0, 0.1) is 0 Å². The minimum absolute atomic E-state index is 0.0948. The first-order valence-corrected chi connectivity index (χ1v) is 10.1. The molecule has 0 spiro atoms. The number of carbonyl (C=O) groups excluding carboxylic acids is 1. The van der Waals surface area contributed by atoms with Crippen molar-refractivity contribution in [1.82, 2.24) is 20.5 Å². The molecule has 6 nitrogen and oxygen atoms in total. The molecular formula is C19H18F3N5OS. The quantitative estimate of drug-likeness (QED) is 0.599. The van der Waals surface area contributed by atoms with Crippen molar-refractivity contribution in [2.24, 2.45) is 0 Å². The zero-order valence-electron chi connectivity index (χ0n) is 15.4. The van der Waals surface area contributed by atoms with Crippen molar-refractivity contribution in [3.8, 4) is 11.3 Å². The highest BCUT2D eigenvalue weighted by molar-refractivity contribution is 8.00. The molecule has 2 aromatic heterocycles. The Morgan fingerprint density at radius 1 is 1.28 bits per heavy atom. The first kappa shape index (κ1) is 19.7. The molecule has 0 bridgehead atoms. The van der Waals surface area contributed by atoms with Crippen LogP contribution in [0.3, 0.4) is 0 Å². The van der Waals surface area contributed by atoms with Crippen molar-refractivity contribution in [2.75, 3.05) is 24.7 Å². The summed E-state index contributed by atoms with van der Waals surface area (Å²) in [6, 6.07) is 7.64. The van der Waals surface area contributed by atoms with E-state index < -0.39 is 16.6 Å². The van der Waals surface area contributed by atoms with E-state index in [1.54, 1.807) is 18.2 Å². The molecule has 1 fully saturated rings. The second kappa shape index (κ2) is 7.34. The fourth-order valence-corrected chi connectivity index (χ4v) is 4.21. The van der Waals surface area contributed by atoms with Gasteiger partial charge in [0.05, 0.1) is 5.52 Å². The molecule has 3 heterocycles. The van der Waals surface area contributed by atoms with Gasteiger partial charge in [0.15, 0.2) is 0 Å². The van der Waals surface area contributed by atoms with E-state index in [1.807, 2.05) is 6.26 Å². The molecule has 1 amide bonds. The molecule has 10 heteroatoms. The summed E-state index contributed by atoms with van der Waals surface area (Å²) in [6.07, 6.45) is -0.787. The van der Waals surface area contributed by atoms with Gasteiger partial charge in [0.1, 0.15) is 16.1 Å². The summed E-state index contributed by atoms with van der Waals surface area (Å²) in [5, 5.41) is 13.8. The number of fused-ring (bicyclic) bond motifs is 1. The van der Waals surface area contributed by atoms with E-state index in [9.17, 15) is 18.0 Å². The molecule has 0 unspecified atom stereocenters. The third-order valence-electron chi connectivity index (χ3n) is 5.07. The van der Waals surface area contributed by atoms with Gasteiger partial charge in [-0.05, 0) is 49.6 Å². The smallest absolute Gasteiger partial charge is 0.325 e. The maximum Gasteiger partial charge on any atom is 0.433 e. The Morgan fingerprint density at radius 3 is 2.79 bits per heavy atom. The molecule has 0 aliphatic carbocycles. The van der Waals surface area contributed by atoms with Gasteiger partial charge in [-0.25, -0.2) is 0 Å². The Morgan fingerprint density at radius 2 is 2.10 bits per heavy atom. The molecule has 29 heavy (non-hydrogen) atoms. The summed E-state index contributed by atoms with van der Waals surface area (Å²) < 4.78 is 38.5. The van der Waals surface area contributed by atoms with Gasteiger partial charge in [-0.3, -0.25) is 14.9 Å². The lowest BCUT2D eigenvalue weighted by molar-refractivity contribution is -0.141. The molecule has 0 radical (unpaired) electrons. The monoisotopic (exact) mass is 421 g/mol. The lowest BCUT2D eigenvalue weighted by Gasteiger charge is -2.24. The highest BCUT2D eigenvalue weighted by Crippen LogP contribution is 2.34. The molecule has 1 aliphatic rings. The van der Waals surface area contributed by atoms with Gasteiger partial charge in [-0.2, -0.15) is 18.3 Å². The van der Waals surface area contributed by atoms with Crippen LogP contribution >= 0.6 is 11.8 Å². The molecule has 4 rings (SSSR count). The van der Waals surface area contributed by atoms with Gasteiger partial charge >= 0.3 is 6.18 Å². The Balaban J connectivity index is 1.68. The van der Waals surface area contributed by atoms with Crippen molar-refractivity contribution >= 4 is 34.3 Å². The van der Waals surface area contributed by atoms with Crippen LogP contribution in [0.5, 0.6) is 0 Å². The standard InChI is InChI=1S/C19H18F3N5OS/c1-29-18(5-7-23-10-18)17(28)25-12-2-3-14-13(9-12)16(27-26-14)11-4-6-24-15(8-11)19(20,21)22/h2-4,6,8-9,23H,5,7,10H2,1H3,(H,25,28)(H,26,27)/t18-/m0/s1. The number of hydrogen-bond donors (Lipinski definition) is 3. The summed E-state index contributed by atoms with van der Waals surface area (Å²) in [6.45, 7) is 1.37. The third-order valence-corrected chi connectivity index (χ3v) is 6.38. The first-order chi connectivity index (χ1) is 13.8. The number of anilines is 1. The number of amides is 1. The summed E-state index contributed by atoms with van der Waals surface area (Å²) in [5.74, 6) is -0.0948. The summed E-state index contributed by atoms with van der Waals surface area (Å²) >= 11 is 1.51. The van der Waals surface area contributed by atoms with Crippen LogP contribution in [0.4, 0.5) is 18.9 Å². The van der Waals surface area contributed by atoms with E-state index in [1.165, 1.54) is 17.8 Å². The number of thioether (sulfide) groups is 1. The first-order valence-electron chi connectivity index (χ1n) is 8.91. The van der Waals surface area contributed by atoms with Crippen molar-refractivity contribution < 1.29 is 18.0 Å². The van der Waals surface area contributed by atoms with Gasteiger partial charge in [0, 0.05) is 29.4 Å². The number of benzene rings is 1. The normalized spacial score (nSPS) is 19.6. The number of aromatic nitrogens is 3. The van der Waals surface area contributed by atoms with Crippen LogP contribution in [-0.2, 0) is 11.0 Å². The average Bonchev–Trinajstić information content (AvgIpc) is 3.35. The molecule has 1 atom stereocenters. The van der Waals surface area contributed by atoms with Gasteiger partial charge in [-0.1, -0.05) is 0 Å². The van der Waals surface area contributed by atoms with Crippen LogP contribution in [0.25, 0.3) is 22.2 Å². The number of carbonyl (C=O) groups is 1. The molecule has 1 aromatic carbocycles. The molecule has 152 valence electrons. The Hall–Kier alpha value is -2.59. The van der Waals surface area contributed by atoms with E-state index in [-0.39, 0.29) is 5.91 Å². The van der Waals surface area contributed by atoms with Crippen molar-refractivity contribution in [1.29, 1.82) is 0 Å². The molecule has 3 aromatic rings. The topological polar surface area (TPSA) is 82.7 Å². The number of aromatic amines is 1. The zero-order chi connectivity index (χ0) is 20.6.